The van der Waals surface area contributed by atoms with E-state index in [4.69, 9.17) is 17.3 Å². The van der Waals surface area contributed by atoms with Crippen molar-refractivity contribution < 1.29 is 4.79 Å². The first-order chi connectivity index (χ1) is 14.4. The van der Waals surface area contributed by atoms with Crippen molar-refractivity contribution in [2.24, 2.45) is 5.73 Å². The SMILES string of the molecule is CSc1sc(C)cc1[C@@H]1C(C#N)=C(N)N(c2ccc(C)c(Cl)c2)C2=C1C(=O)CCC2. The molecule has 2 heterocycles. The number of aryl methyl sites for hydroxylation is 2. The lowest BCUT2D eigenvalue weighted by Crippen LogP contribution is -2.38. The molecule has 1 aliphatic heterocycles. The van der Waals surface area contributed by atoms with Crippen molar-refractivity contribution in [1.29, 1.82) is 5.26 Å². The van der Waals surface area contributed by atoms with Gasteiger partial charge in [-0.2, -0.15) is 5.26 Å². The average molecular weight is 456 g/mol. The zero-order valence-electron chi connectivity index (χ0n) is 17.1. The summed E-state index contributed by atoms with van der Waals surface area (Å²) >= 11 is 9.72. The van der Waals surface area contributed by atoms with Gasteiger partial charge in [0.25, 0.3) is 0 Å². The number of nitrogens with zero attached hydrogens (tertiary/aromatic N) is 2. The van der Waals surface area contributed by atoms with Crippen LogP contribution < -0.4 is 10.6 Å². The quantitative estimate of drug-likeness (QED) is 0.571. The molecule has 7 heteroatoms. The number of rotatable bonds is 3. The Labute approximate surface area is 190 Å². The van der Waals surface area contributed by atoms with Crippen LogP contribution in [0.5, 0.6) is 0 Å². The maximum atomic E-state index is 13.2. The highest BCUT2D eigenvalue weighted by atomic mass is 35.5. The Balaban J connectivity index is 1.99. The number of hydrogen-bond donors (Lipinski definition) is 1. The molecule has 4 nitrogen and oxygen atoms in total. The Morgan fingerprint density at radius 2 is 2.07 bits per heavy atom. The molecular weight excluding hydrogens is 434 g/mol. The van der Waals surface area contributed by atoms with Gasteiger partial charge in [0.15, 0.2) is 5.78 Å². The van der Waals surface area contributed by atoms with Gasteiger partial charge < -0.3 is 5.73 Å². The summed E-state index contributed by atoms with van der Waals surface area (Å²) in [7, 11) is 0. The molecule has 0 bridgehead atoms. The van der Waals surface area contributed by atoms with Gasteiger partial charge in [-0.05, 0) is 62.3 Å². The molecule has 2 aliphatic rings. The van der Waals surface area contributed by atoms with Crippen LogP contribution in [0.15, 0.2) is 51.1 Å². The molecule has 0 radical (unpaired) electrons. The van der Waals surface area contributed by atoms with Crippen LogP contribution in [0.25, 0.3) is 0 Å². The maximum Gasteiger partial charge on any atom is 0.161 e. The lowest BCUT2D eigenvalue weighted by molar-refractivity contribution is -0.116. The number of carbonyl (C=O) groups excluding carboxylic acids is 1. The molecule has 0 spiro atoms. The molecule has 0 amide bonds. The largest absolute Gasteiger partial charge is 0.384 e. The molecule has 1 aromatic heterocycles. The number of Topliss-reactive ketones (excluding diaryl/α,β-unsaturated/α-hetero) is 1. The smallest absolute Gasteiger partial charge is 0.161 e. The van der Waals surface area contributed by atoms with Crippen molar-refractivity contribution in [1.82, 2.24) is 0 Å². The van der Waals surface area contributed by atoms with Crippen molar-refractivity contribution in [3.05, 3.63) is 68.0 Å². The summed E-state index contributed by atoms with van der Waals surface area (Å²) in [5, 5.41) is 10.8. The summed E-state index contributed by atoms with van der Waals surface area (Å²) < 4.78 is 1.12. The number of thiophene rings is 1. The lowest BCUT2D eigenvalue weighted by atomic mass is 9.76. The second kappa shape index (κ2) is 8.14. The zero-order chi connectivity index (χ0) is 21.6. The number of carbonyl (C=O) groups is 1. The molecule has 30 heavy (non-hydrogen) atoms. The van der Waals surface area contributed by atoms with Crippen LogP contribution in [0.4, 0.5) is 5.69 Å². The van der Waals surface area contributed by atoms with Crippen LogP contribution in [-0.2, 0) is 4.79 Å². The highest BCUT2D eigenvalue weighted by Crippen LogP contribution is 2.49. The minimum absolute atomic E-state index is 0.0978. The van der Waals surface area contributed by atoms with E-state index in [1.807, 2.05) is 36.3 Å². The predicted octanol–water partition coefficient (Wildman–Crippen LogP) is 6.05. The minimum atomic E-state index is -0.414. The number of nitriles is 1. The first kappa shape index (κ1) is 21.0. The third-order valence-corrected chi connectivity index (χ3v) is 8.30. The number of nitrogens with two attached hydrogens (primary N) is 1. The van der Waals surface area contributed by atoms with E-state index >= 15 is 0 Å². The Kier molecular flexibility index (Phi) is 5.71. The van der Waals surface area contributed by atoms with Crippen LogP contribution in [-0.4, -0.2) is 12.0 Å². The van der Waals surface area contributed by atoms with E-state index in [-0.39, 0.29) is 5.78 Å². The van der Waals surface area contributed by atoms with E-state index in [1.54, 1.807) is 23.1 Å². The number of benzene rings is 1. The van der Waals surface area contributed by atoms with Crippen LogP contribution >= 0.6 is 34.7 Å². The zero-order valence-corrected chi connectivity index (χ0v) is 19.5. The fraction of sp³-hybridized carbons (Fsp3) is 0.304. The van der Waals surface area contributed by atoms with Gasteiger partial charge in [0.1, 0.15) is 5.82 Å². The van der Waals surface area contributed by atoms with E-state index in [2.05, 4.69) is 19.1 Å². The van der Waals surface area contributed by atoms with Gasteiger partial charge in [0, 0.05) is 33.3 Å². The van der Waals surface area contributed by atoms with Crippen molar-refractivity contribution in [3.8, 4) is 6.07 Å². The molecular formula is C23H22ClN3OS2. The second-order valence-electron chi connectivity index (χ2n) is 7.55. The number of halogens is 1. The number of hydrogen-bond acceptors (Lipinski definition) is 6. The molecule has 0 saturated heterocycles. The molecule has 0 saturated carbocycles. The average Bonchev–Trinajstić information content (AvgIpc) is 3.10. The Morgan fingerprint density at radius 3 is 2.73 bits per heavy atom. The number of thioether (sulfide) groups is 1. The standard InChI is InChI=1S/C23H22ClN3OS2/c1-12-7-8-14(10-17(12)24)27-18-5-4-6-19(28)21(18)20(16(11-25)22(27)26)15-9-13(2)30-23(15)29-3/h7-10,20H,4-6,26H2,1-3H3/t20-/m1/s1. The third kappa shape index (κ3) is 3.35. The summed E-state index contributed by atoms with van der Waals surface area (Å²) in [5.74, 6) is 0.0646. The summed E-state index contributed by atoms with van der Waals surface area (Å²) in [6.07, 6.45) is 4.03. The molecule has 0 unspecified atom stereocenters. The van der Waals surface area contributed by atoms with Crippen molar-refractivity contribution in [2.75, 3.05) is 11.2 Å². The first-order valence-corrected chi connectivity index (χ1v) is 12.2. The fourth-order valence-electron chi connectivity index (χ4n) is 4.29. The number of allylic oxidation sites excluding steroid dienone is 3. The molecule has 2 N–H and O–H groups in total. The predicted molar refractivity (Wildman–Crippen MR) is 125 cm³/mol. The van der Waals surface area contributed by atoms with Crippen LogP contribution in [0.1, 0.15) is 41.2 Å². The van der Waals surface area contributed by atoms with Crippen LogP contribution in [0.2, 0.25) is 5.02 Å². The molecule has 2 aromatic rings. The summed E-state index contributed by atoms with van der Waals surface area (Å²) in [5.41, 5.74) is 11.4. The van der Waals surface area contributed by atoms with E-state index in [0.717, 1.165) is 44.4 Å². The van der Waals surface area contributed by atoms with E-state index in [1.165, 1.54) is 0 Å². The van der Waals surface area contributed by atoms with Gasteiger partial charge >= 0.3 is 0 Å². The molecule has 154 valence electrons. The van der Waals surface area contributed by atoms with Crippen LogP contribution in [0.3, 0.4) is 0 Å². The topological polar surface area (TPSA) is 70.1 Å². The number of ketones is 1. The highest BCUT2D eigenvalue weighted by molar-refractivity contribution is 8.00. The molecule has 1 atom stereocenters. The number of anilines is 1. The van der Waals surface area contributed by atoms with Crippen molar-refractivity contribution >= 4 is 46.2 Å². The van der Waals surface area contributed by atoms with Crippen molar-refractivity contribution in [3.63, 3.8) is 0 Å². The molecule has 4 rings (SSSR count). The molecule has 1 aromatic carbocycles. The van der Waals surface area contributed by atoms with Crippen molar-refractivity contribution in [2.45, 2.75) is 43.2 Å². The highest BCUT2D eigenvalue weighted by Gasteiger charge is 2.41. The van der Waals surface area contributed by atoms with Gasteiger partial charge in [-0.1, -0.05) is 17.7 Å². The van der Waals surface area contributed by atoms with E-state index in [0.29, 0.717) is 28.4 Å². The minimum Gasteiger partial charge on any atom is -0.384 e. The maximum absolute atomic E-state index is 13.2. The normalized spacial score (nSPS) is 19.2. The third-order valence-electron chi connectivity index (χ3n) is 5.67. The van der Waals surface area contributed by atoms with Gasteiger partial charge in [-0.3, -0.25) is 9.69 Å². The van der Waals surface area contributed by atoms with Gasteiger partial charge in [-0.25, -0.2) is 0 Å². The van der Waals surface area contributed by atoms with Gasteiger partial charge in [-0.15, -0.1) is 23.1 Å². The summed E-state index contributed by atoms with van der Waals surface area (Å²) in [6, 6.07) is 10.1. The first-order valence-electron chi connectivity index (χ1n) is 9.74. The van der Waals surface area contributed by atoms with Gasteiger partial charge in [0.2, 0.25) is 0 Å². The second-order valence-corrected chi connectivity index (χ2v) is 10.3. The Morgan fingerprint density at radius 1 is 1.30 bits per heavy atom. The molecule has 0 fully saturated rings. The summed E-state index contributed by atoms with van der Waals surface area (Å²) in [4.78, 5) is 16.2. The Hall–Kier alpha value is -2.20. The van der Waals surface area contributed by atoms with E-state index < -0.39 is 5.92 Å². The van der Waals surface area contributed by atoms with E-state index in [9.17, 15) is 10.1 Å². The fourth-order valence-corrected chi connectivity index (χ4v) is 6.37. The Bertz CT molecular complexity index is 1160. The van der Waals surface area contributed by atoms with Gasteiger partial charge in [0.05, 0.1) is 21.8 Å². The molecule has 1 aliphatic carbocycles. The van der Waals surface area contributed by atoms with Crippen LogP contribution in [0, 0.1) is 25.2 Å². The lowest BCUT2D eigenvalue weighted by Gasteiger charge is -2.39. The summed E-state index contributed by atoms with van der Waals surface area (Å²) in [6.45, 7) is 3.99. The monoisotopic (exact) mass is 455 g/mol.